The van der Waals surface area contributed by atoms with Crippen LogP contribution < -0.4 is 0 Å². The molecule has 0 aromatic rings. The van der Waals surface area contributed by atoms with E-state index in [0.717, 1.165) is 0 Å². The second-order valence-corrected chi connectivity index (χ2v) is 9.91. The molecule has 0 aliphatic rings. The predicted molar refractivity (Wildman–Crippen MR) is 56.8 cm³/mol. The largest absolute Gasteiger partial charge is 0.0912 e. The van der Waals surface area contributed by atoms with Crippen LogP contribution >= 0.6 is 0 Å². The van der Waals surface area contributed by atoms with E-state index in [4.69, 9.17) is 0 Å². The van der Waals surface area contributed by atoms with Crippen LogP contribution in [0.4, 0.5) is 0 Å². The molecular weight excluding hydrogens is 148 g/mol. The van der Waals surface area contributed by atoms with E-state index in [-0.39, 0.29) is 0 Å². The molecule has 0 radical (unpaired) electrons. The summed E-state index contributed by atoms with van der Waals surface area (Å²) in [7, 11) is -0.804. The van der Waals surface area contributed by atoms with Gasteiger partial charge < -0.3 is 0 Å². The van der Waals surface area contributed by atoms with Crippen LogP contribution in [-0.2, 0) is 0 Å². The summed E-state index contributed by atoms with van der Waals surface area (Å²) in [5, 5.41) is 0. The van der Waals surface area contributed by atoms with Gasteiger partial charge in [-0.2, -0.15) is 0 Å². The van der Waals surface area contributed by atoms with E-state index < -0.39 is 8.07 Å². The Morgan fingerprint density at radius 1 is 1.09 bits per heavy atom. The van der Waals surface area contributed by atoms with Crippen molar-refractivity contribution in [1.29, 1.82) is 0 Å². The maximum atomic E-state index is 2.41. The van der Waals surface area contributed by atoms with Crippen molar-refractivity contribution >= 4 is 8.07 Å². The molecule has 0 fully saturated rings. The molecule has 0 aromatic carbocycles. The van der Waals surface area contributed by atoms with Crippen molar-refractivity contribution in [3.05, 3.63) is 12.2 Å². The van der Waals surface area contributed by atoms with Crippen molar-refractivity contribution in [3.63, 3.8) is 0 Å². The van der Waals surface area contributed by atoms with Gasteiger partial charge in [0.2, 0.25) is 0 Å². The molecule has 0 nitrogen and oxygen atoms in total. The highest BCUT2D eigenvalue weighted by Crippen LogP contribution is 2.09. The van der Waals surface area contributed by atoms with Gasteiger partial charge in [-0.15, -0.1) is 0 Å². The topological polar surface area (TPSA) is 0 Å². The first-order valence-electron chi connectivity index (χ1n) is 4.71. The van der Waals surface area contributed by atoms with Crippen LogP contribution in [0, 0.1) is 0 Å². The van der Waals surface area contributed by atoms with E-state index in [1.54, 1.807) is 0 Å². The molecule has 0 bridgehead atoms. The second-order valence-electron chi connectivity index (χ2n) is 4.38. The van der Waals surface area contributed by atoms with Crippen molar-refractivity contribution in [3.8, 4) is 0 Å². The first kappa shape index (κ1) is 11.0. The van der Waals surface area contributed by atoms with Crippen LogP contribution in [0.3, 0.4) is 0 Å². The van der Waals surface area contributed by atoms with Gasteiger partial charge in [-0.05, 0) is 12.5 Å². The van der Waals surface area contributed by atoms with Crippen LogP contribution in [0.2, 0.25) is 25.7 Å². The highest BCUT2D eigenvalue weighted by atomic mass is 28.3. The van der Waals surface area contributed by atoms with E-state index >= 15 is 0 Å². The lowest BCUT2D eigenvalue weighted by Crippen LogP contribution is -2.17. The van der Waals surface area contributed by atoms with E-state index in [1.807, 2.05) is 0 Å². The van der Waals surface area contributed by atoms with Gasteiger partial charge in [0.05, 0.1) is 0 Å². The molecule has 0 aliphatic heterocycles. The van der Waals surface area contributed by atoms with E-state index in [2.05, 4.69) is 38.7 Å². The Balaban J connectivity index is 3.30. The molecule has 0 saturated carbocycles. The fourth-order valence-corrected chi connectivity index (χ4v) is 1.75. The monoisotopic (exact) mass is 170 g/mol. The maximum Gasteiger partial charge on any atom is 0.0480 e. The van der Waals surface area contributed by atoms with Crippen LogP contribution in [0.1, 0.15) is 26.2 Å². The summed E-state index contributed by atoms with van der Waals surface area (Å²) in [6, 6.07) is 1.34. The Hall–Kier alpha value is -0.0431. The van der Waals surface area contributed by atoms with Crippen molar-refractivity contribution in [2.45, 2.75) is 51.9 Å². The second kappa shape index (κ2) is 5.59. The maximum absolute atomic E-state index is 2.41. The molecule has 0 aliphatic carbocycles. The Morgan fingerprint density at radius 2 is 1.73 bits per heavy atom. The van der Waals surface area contributed by atoms with Crippen molar-refractivity contribution < 1.29 is 0 Å². The average Bonchev–Trinajstić information content (AvgIpc) is 1.85. The Kier molecular flexibility index (Phi) is 5.57. The van der Waals surface area contributed by atoms with Gasteiger partial charge in [-0.1, -0.05) is 51.6 Å². The minimum Gasteiger partial charge on any atom is -0.0912 e. The number of unbranched alkanes of at least 4 members (excludes halogenated alkanes) is 2. The number of hydrogen-bond donors (Lipinski definition) is 0. The lowest BCUT2D eigenvalue weighted by atomic mass is 10.2. The van der Waals surface area contributed by atoms with Crippen LogP contribution in [-0.4, -0.2) is 8.07 Å². The zero-order valence-corrected chi connectivity index (χ0v) is 9.48. The van der Waals surface area contributed by atoms with Gasteiger partial charge in [0.25, 0.3) is 0 Å². The summed E-state index contributed by atoms with van der Waals surface area (Å²) in [4.78, 5) is 0. The molecule has 0 rings (SSSR count). The highest BCUT2D eigenvalue weighted by molar-refractivity contribution is 6.76. The number of hydrogen-bond acceptors (Lipinski definition) is 0. The molecular formula is C10H22Si. The molecule has 66 valence electrons. The van der Waals surface area contributed by atoms with E-state index in [0.29, 0.717) is 0 Å². The molecule has 0 aromatic heterocycles. The van der Waals surface area contributed by atoms with Gasteiger partial charge in [-0.3, -0.25) is 0 Å². The molecule has 0 heterocycles. The SMILES string of the molecule is CCCC/C=C\C[Si](C)(C)C. The normalized spacial score (nSPS) is 12.7. The predicted octanol–water partition coefficient (Wildman–Crippen LogP) is 4.07. The summed E-state index contributed by atoms with van der Waals surface area (Å²) >= 11 is 0. The molecule has 1 heteroatoms. The van der Waals surface area contributed by atoms with Gasteiger partial charge in [0.15, 0.2) is 0 Å². The van der Waals surface area contributed by atoms with Crippen molar-refractivity contribution in [2.75, 3.05) is 0 Å². The van der Waals surface area contributed by atoms with Crippen molar-refractivity contribution in [2.24, 2.45) is 0 Å². The molecule has 0 unspecified atom stereocenters. The third-order valence-electron chi connectivity index (χ3n) is 1.62. The molecule has 11 heavy (non-hydrogen) atoms. The quantitative estimate of drug-likeness (QED) is 0.331. The Bertz CT molecular complexity index is 109. The minimum atomic E-state index is -0.804. The summed E-state index contributed by atoms with van der Waals surface area (Å²) < 4.78 is 0. The fourth-order valence-electron chi connectivity index (χ4n) is 0.877. The zero-order chi connectivity index (χ0) is 8.74. The summed E-state index contributed by atoms with van der Waals surface area (Å²) in [5.41, 5.74) is 0. The lowest BCUT2D eigenvalue weighted by molar-refractivity contribution is 0.814. The number of rotatable bonds is 5. The van der Waals surface area contributed by atoms with Crippen LogP contribution in [0.5, 0.6) is 0 Å². The van der Waals surface area contributed by atoms with Crippen molar-refractivity contribution in [1.82, 2.24) is 0 Å². The van der Waals surface area contributed by atoms with Gasteiger partial charge >= 0.3 is 0 Å². The van der Waals surface area contributed by atoms with Gasteiger partial charge in [0.1, 0.15) is 0 Å². The minimum absolute atomic E-state index is 0.804. The first-order chi connectivity index (χ1) is 5.06. The highest BCUT2D eigenvalue weighted by Gasteiger charge is 2.08. The van der Waals surface area contributed by atoms with E-state index in [1.165, 1.54) is 25.3 Å². The van der Waals surface area contributed by atoms with Gasteiger partial charge in [-0.25, -0.2) is 0 Å². The standard InChI is InChI=1S/C10H22Si/c1-5-6-7-8-9-10-11(2,3)4/h8-9H,5-7,10H2,1-4H3/b9-8-. The van der Waals surface area contributed by atoms with Gasteiger partial charge in [0, 0.05) is 8.07 Å². The average molecular weight is 170 g/mol. The van der Waals surface area contributed by atoms with Crippen LogP contribution in [0.25, 0.3) is 0 Å². The molecule has 0 saturated heterocycles. The summed E-state index contributed by atoms with van der Waals surface area (Å²) in [5.74, 6) is 0. The Morgan fingerprint density at radius 3 is 2.18 bits per heavy atom. The van der Waals surface area contributed by atoms with E-state index in [9.17, 15) is 0 Å². The zero-order valence-electron chi connectivity index (χ0n) is 8.48. The third kappa shape index (κ3) is 9.96. The third-order valence-corrected chi connectivity index (χ3v) is 3.08. The fraction of sp³-hybridized carbons (Fsp3) is 0.800. The molecule has 0 N–H and O–H groups in total. The first-order valence-corrected chi connectivity index (χ1v) is 8.42. The molecule has 0 amide bonds. The Labute approximate surface area is 72.7 Å². The summed E-state index contributed by atoms with van der Waals surface area (Å²) in [6.45, 7) is 9.48. The summed E-state index contributed by atoms with van der Waals surface area (Å²) in [6.07, 6.45) is 8.67. The van der Waals surface area contributed by atoms with Crippen LogP contribution in [0.15, 0.2) is 12.2 Å². The smallest absolute Gasteiger partial charge is 0.0480 e. The molecule has 0 spiro atoms. The molecule has 0 atom stereocenters. The number of allylic oxidation sites excluding steroid dienone is 2. The lowest BCUT2D eigenvalue weighted by Gasteiger charge is -2.11.